The van der Waals surface area contributed by atoms with E-state index in [0.29, 0.717) is 11.4 Å². The van der Waals surface area contributed by atoms with Crippen LogP contribution in [0.15, 0.2) is 72.8 Å². The van der Waals surface area contributed by atoms with E-state index >= 15 is 0 Å². The van der Waals surface area contributed by atoms with Crippen LogP contribution in [-0.2, 0) is 17.8 Å². The average molecular weight is 533 g/mol. The summed E-state index contributed by atoms with van der Waals surface area (Å²) in [4.78, 5) is 15.2. The highest BCUT2D eigenvalue weighted by Gasteiger charge is 2.26. The molecule has 0 aliphatic rings. The summed E-state index contributed by atoms with van der Waals surface area (Å²) in [6.07, 6.45) is 1.64. The Bertz CT molecular complexity index is 1030. The second-order valence-electron chi connectivity index (χ2n) is 9.96. The van der Waals surface area contributed by atoms with E-state index in [4.69, 9.17) is 39.5 Å². The molecule has 3 rings (SSSR count). The van der Waals surface area contributed by atoms with Gasteiger partial charge in [-0.05, 0) is 41.5 Å². The van der Waals surface area contributed by atoms with Gasteiger partial charge in [0, 0.05) is 24.2 Å². The standard InChI is InChI=1S/C29H32Cl3NO2/c1-29(2,3)18-24(14-15-35-28(34)27-25(31)16-23(30)17-26(27)32)33(19-21-10-6-4-7-11-21)20-22-12-8-5-9-13-22/h4-13,16-17,24H,14-15,18-20H2,1-3H3/t24-/m0/s1. The number of hydrogen-bond acceptors (Lipinski definition) is 3. The van der Waals surface area contributed by atoms with Crippen molar-refractivity contribution in [2.75, 3.05) is 6.61 Å². The molecule has 0 heterocycles. The van der Waals surface area contributed by atoms with Crippen molar-refractivity contribution >= 4 is 40.8 Å². The molecule has 3 aromatic carbocycles. The lowest BCUT2D eigenvalue weighted by Gasteiger charge is -2.36. The highest BCUT2D eigenvalue weighted by atomic mass is 35.5. The molecule has 0 amide bonds. The van der Waals surface area contributed by atoms with Gasteiger partial charge in [0.25, 0.3) is 0 Å². The molecule has 0 bridgehead atoms. The first-order chi connectivity index (χ1) is 16.6. The van der Waals surface area contributed by atoms with Crippen molar-refractivity contribution in [3.05, 3.63) is 105 Å². The summed E-state index contributed by atoms with van der Waals surface area (Å²) < 4.78 is 5.65. The predicted octanol–water partition coefficient (Wildman–Crippen LogP) is 8.70. The fourth-order valence-electron chi connectivity index (χ4n) is 4.17. The fourth-order valence-corrected chi connectivity index (χ4v) is 5.14. The van der Waals surface area contributed by atoms with E-state index in [1.807, 2.05) is 12.1 Å². The molecule has 0 aliphatic heterocycles. The Hall–Kier alpha value is -2.04. The summed E-state index contributed by atoms with van der Waals surface area (Å²) in [6, 6.07) is 24.1. The predicted molar refractivity (Wildman–Crippen MR) is 146 cm³/mol. The molecule has 0 N–H and O–H groups in total. The molecular formula is C29H32Cl3NO2. The SMILES string of the molecule is CC(C)(C)C[C@H](CCOC(=O)c1c(Cl)cc(Cl)cc1Cl)N(Cc1ccccc1)Cc1ccccc1. The number of halogens is 3. The Kier molecular flexibility index (Phi) is 10.1. The molecule has 0 saturated carbocycles. The Labute approximate surface area is 224 Å². The minimum absolute atomic E-state index is 0.100. The van der Waals surface area contributed by atoms with Gasteiger partial charge in [-0.25, -0.2) is 4.79 Å². The summed E-state index contributed by atoms with van der Waals surface area (Å²) in [7, 11) is 0. The topological polar surface area (TPSA) is 29.5 Å². The lowest BCUT2D eigenvalue weighted by Crippen LogP contribution is -2.38. The molecule has 3 aromatic rings. The van der Waals surface area contributed by atoms with E-state index < -0.39 is 5.97 Å². The molecule has 1 atom stereocenters. The maximum Gasteiger partial charge on any atom is 0.341 e. The van der Waals surface area contributed by atoms with Crippen LogP contribution < -0.4 is 0 Å². The molecule has 0 radical (unpaired) electrons. The number of hydrogen-bond donors (Lipinski definition) is 0. The number of ether oxygens (including phenoxy) is 1. The van der Waals surface area contributed by atoms with E-state index in [0.717, 1.165) is 19.5 Å². The van der Waals surface area contributed by atoms with Crippen LogP contribution in [0.5, 0.6) is 0 Å². The monoisotopic (exact) mass is 531 g/mol. The van der Waals surface area contributed by atoms with Crippen molar-refractivity contribution in [3.8, 4) is 0 Å². The normalized spacial score (nSPS) is 12.5. The van der Waals surface area contributed by atoms with Crippen LogP contribution in [0, 0.1) is 5.41 Å². The van der Waals surface area contributed by atoms with Crippen molar-refractivity contribution in [3.63, 3.8) is 0 Å². The van der Waals surface area contributed by atoms with Gasteiger partial charge in [0.15, 0.2) is 0 Å². The summed E-state index contributed by atoms with van der Waals surface area (Å²) in [5.74, 6) is -0.538. The Morgan fingerprint density at radius 3 is 1.80 bits per heavy atom. The van der Waals surface area contributed by atoms with E-state index in [2.05, 4.69) is 74.2 Å². The molecule has 0 fully saturated rings. The Morgan fingerprint density at radius 1 is 0.857 bits per heavy atom. The Morgan fingerprint density at radius 2 is 1.34 bits per heavy atom. The van der Waals surface area contributed by atoms with Gasteiger partial charge < -0.3 is 4.74 Å². The summed E-state index contributed by atoms with van der Waals surface area (Å²) in [5, 5.41) is 0.751. The maximum atomic E-state index is 12.8. The first-order valence-electron chi connectivity index (χ1n) is 11.8. The molecule has 0 spiro atoms. The van der Waals surface area contributed by atoms with E-state index in [1.165, 1.54) is 23.3 Å². The highest BCUT2D eigenvalue weighted by Crippen LogP contribution is 2.31. The highest BCUT2D eigenvalue weighted by molar-refractivity contribution is 6.41. The van der Waals surface area contributed by atoms with Crippen LogP contribution in [0.25, 0.3) is 0 Å². The zero-order valence-electron chi connectivity index (χ0n) is 20.4. The van der Waals surface area contributed by atoms with E-state index in [-0.39, 0.29) is 33.7 Å². The first-order valence-corrected chi connectivity index (χ1v) is 12.9. The third-order valence-electron chi connectivity index (χ3n) is 5.72. The van der Waals surface area contributed by atoms with Gasteiger partial charge >= 0.3 is 5.97 Å². The van der Waals surface area contributed by atoms with Crippen LogP contribution in [0.1, 0.15) is 55.1 Å². The molecule has 0 aliphatic carbocycles. The van der Waals surface area contributed by atoms with E-state index in [1.54, 1.807) is 0 Å². The van der Waals surface area contributed by atoms with Gasteiger partial charge in [-0.3, -0.25) is 4.90 Å². The molecule has 0 saturated heterocycles. The first kappa shape index (κ1) is 27.5. The minimum atomic E-state index is -0.538. The van der Waals surface area contributed by atoms with Gasteiger partial charge in [0.05, 0.1) is 22.2 Å². The third-order valence-corrected chi connectivity index (χ3v) is 6.53. The molecule has 186 valence electrons. The van der Waals surface area contributed by atoms with Crippen molar-refractivity contribution < 1.29 is 9.53 Å². The van der Waals surface area contributed by atoms with Crippen molar-refractivity contribution in [1.29, 1.82) is 0 Å². The average Bonchev–Trinajstić information content (AvgIpc) is 2.78. The largest absolute Gasteiger partial charge is 0.462 e. The summed E-state index contributed by atoms with van der Waals surface area (Å²) >= 11 is 18.4. The van der Waals surface area contributed by atoms with Crippen LogP contribution in [0.3, 0.4) is 0 Å². The van der Waals surface area contributed by atoms with Gasteiger partial charge in [0.1, 0.15) is 0 Å². The molecule has 35 heavy (non-hydrogen) atoms. The third kappa shape index (κ3) is 8.84. The number of rotatable bonds is 10. The lowest BCUT2D eigenvalue weighted by atomic mass is 9.86. The maximum absolute atomic E-state index is 12.8. The number of nitrogens with zero attached hydrogens (tertiary/aromatic N) is 1. The number of carbonyl (C=O) groups excluding carboxylic acids is 1. The smallest absolute Gasteiger partial charge is 0.341 e. The fraction of sp³-hybridized carbons (Fsp3) is 0.345. The summed E-state index contributed by atoms with van der Waals surface area (Å²) in [5.41, 5.74) is 2.75. The van der Waals surface area contributed by atoms with Crippen LogP contribution in [0.2, 0.25) is 15.1 Å². The molecule has 6 heteroatoms. The zero-order valence-corrected chi connectivity index (χ0v) is 22.7. The molecular weight excluding hydrogens is 501 g/mol. The summed E-state index contributed by atoms with van der Waals surface area (Å²) in [6.45, 7) is 8.58. The van der Waals surface area contributed by atoms with Crippen molar-refractivity contribution in [2.45, 2.75) is 52.7 Å². The lowest BCUT2D eigenvalue weighted by molar-refractivity contribution is 0.0420. The molecule has 3 nitrogen and oxygen atoms in total. The second-order valence-corrected chi connectivity index (χ2v) is 11.2. The molecule has 0 unspecified atom stereocenters. The van der Waals surface area contributed by atoms with Crippen molar-refractivity contribution in [1.82, 2.24) is 4.90 Å². The number of carbonyl (C=O) groups is 1. The minimum Gasteiger partial charge on any atom is -0.462 e. The number of esters is 1. The zero-order chi connectivity index (χ0) is 25.4. The van der Waals surface area contributed by atoms with Gasteiger partial charge in [0.2, 0.25) is 0 Å². The molecule has 0 aromatic heterocycles. The quantitative estimate of drug-likeness (QED) is 0.245. The number of benzene rings is 3. The van der Waals surface area contributed by atoms with Gasteiger partial charge in [-0.2, -0.15) is 0 Å². The van der Waals surface area contributed by atoms with Crippen LogP contribution in [0.4, 0.5) is 0 Å². The Balaban J connectivity index is 1.78. The van der Waals surface area contributed by atoms with Crippen LogP contribution >= 0.6 is 34.8 Å². The van der Waals surface area contributed by atoms with Gasteiger partial charge in [-0.1, -0.05) is 116 Å². The van der Waals surface area contributed by atoms with Crippen molar-refractivity contribution in [2.24, 2.45) is 5.41 Å². The van der Waals surface area contributed by atoms with Crippen LogP contribution in [-0.4, -0.2) is 23.5 Å². The van der Waals surface area contributed by atoms with E-state index in [9.17, 15) is 4.79 Å². The van der Waals surface area contributed by atoms with Gasteiger partial charge in [-0.15, -0.1) is 0 Å². The second kappa shape index (κ2) is 12.8.